The Balaban J connectivity index is 1.42. The second kappa shape index (κ2) is 8.06. The number of nitrogens with zero attached hydrogens (tertiary/aromatic N) is 3. The molecule has 0 bridgehead atoms. The van der Waals surface area contributed by atoms with Gasteiger partial charge in [0.05, 0.1) is 11.7 Å². The monoisotopic (exact) mass is 380 g/mol. The maximum absolute atomic E-state index is 12.9. The number of aromatic nitrogens is 2. The summed E-state index contributed by atoms with van der Waals surface area (Å²) in [5.74, 6) is 0.0924. The van der Waals surface area contributed by atoms with Gasteiger partial charge in [0.15, 0.2) is 0 Å². The number of likely N-dealkylation sites (tertiary alicyclic amines) is 1. The molecular weight excluding hydrogens is 356 g/mol. The van der Waals surface area contributed by atoms with Crippen LogP contribution in [0.4, 0.5) is 5.69 Å². The molecule has 3 heterocycles. The van der Waals surface area contributed by atoms with E-state index in [-0.39, 0.29) is 11.9 Å². The second-order valence-corrected chi connectivity index (χ2v) is 8.35. The topological polar surface area (TPSA) is 50.2 Å². The molecule has 5 nitrogen and oxygen atoms in total. The van der Waals surface area contributed by atoms with Crippen molar-refractivity contribution < 1.29 is 4.79 Å². The molecule has 4 rings (SSSR count). The minimum absolute atomic E-state index is 0.0630. The van der Waals surface area contributed by atoms with Crippen molar-refractivity contribution in [3.63, 3.8) is 0 Å². The van der Waals surface area contributed by atoms with E-state index in [0.717, 1.165) is 43.7 Å². The lowest BCUT2D eigenvalue weighted by atomic mass is 10.0. The summed E-state index contributed by atoms with van der Waals surface area (Å²) in [5.41, 5.74) is 1.80. The molecule has 1 amide bonds. The van der Waals surface area contributed by atoms with E-state index in [2.05, 4.69) is 34.4 Å². The van der Waals surface area contributed by atoms with E-state index in [4.69, 9.17) is 0 Å². The molecular formula is C21H24N4OS. The van der Waals surface area contributed by atoms with Crippen LogP contribution in [0.15, 0.2) is 54.9 Å². The third-order valence-corrected chi connectivity index (χ3v) is 5.96. The Hall–Kier alpha value is -2.44. The lowest BCUT2D eigenvalue weighted by molar-refractivity contribution is -0.122. The standard InChI is InChI=1S/C21H24N4OS/c1-16-6-11-19(27-16)15-24-13-3-2-5-20(24)21(26)23-17-7-9-18(10-8-17)25-14-4-12-22-25/h4,6-12,14,20H,2-3,5,13,15H2,1H3,(H,23,26)/t20-/m0/s1. The average Bonchev–Trinajstić information content (AvgIpc) is 3.35. The van der Waals surface area contributed by atoms with Gasteiger partial charge in [0, 0.05) is 34.4 Å². The van der Waals surface area contributed by atoms with Gasteiger partial charge in [-0.25, -0.2) is 4.68 Å². The maximum atomic E-state index is 12.9. The quantitative estimate of drug-likeness (QED) is 0.720. The zero-order valence-electron chi connectivity index (χ0n) is 15.5. The van der Waals surface area contributed by atoms with Crippen LogP contribution in [0.1, 0.15) is 29.0 Å². The number of nitrogens with one attached hydrogen (secondary N) is 1. The summed E-state index contributed by atoms with van der Waals surface area (Å²) in [6.07, 6.45) is 6.84. The van der Waals surface area contributed by atoms with E-state index in [9.17, 15) is 4.79 Å². The fraction of sp³-hybridized carbons (Fsp3) is 0.333. The smallest absolute Gasteiger partial charge is 0.241 e. The molecule has 0 aliphatic carbocycles. The zero-order chi connectivity index (χ0) is 18.6. The van der Waals surface area contributed by atoms with Gasteiger partial charge in [0.1, 0.15) is 0 Å². The summed E-state index contributed by atoms with van der Waals surface area (Å²) < 4.78 is 1.80. The molecule has 0 spiro atoms. The van der Waals surface area contributed by atoms with Crippen LogP contribution in [0.25, 0.3) is 5.69 Å². The normalized spacial score (nSPS) is 17.7. The number of carbonyl (C=O) groups excluding carboxylic acids is 1. The minimum atomic E-state index is -0.0630. The molecule has 0 radical (unpaired) electrons. The number of anilines is 1. The van der Waals surface area contributed by atoms with Crippen LogP contribution in [-0.2, 0) is 11.3 Å². The van der Waals surface area contributed by atoms with Crippen LogP contribution in [0, 0.1) is 6.92 Å². The highest BCUT2D eigenvalue weighted by Gasteiger charge is 2.29. The van der Waals surface area contributed by atoms with Crippen LogP contribution in [0.3, 0.4) is 0 Å². The molecule has 1 atom stereocenters. The van der Waals surface area contributed by atoms with Crippen LogP contribution in [0.2, 0.25) is 0 Å². The van der Waals surface area contributed by atoms with Gasteiger partial charge in [-0.1, -0.05) is 6.42 Å². The third kappa shape index (κ3) is 4.28. The average molecular weight is 381 g/mol. The predicted molar refractivity (Wildman–Crippen MR) is 109 cm³/mol. The molecule has 1 fully saturated rings. The zero-order valence-corrected chi connectivity index (χ0v) is 16.3. The van der Waals surface area contributed by atoms with Crippen LogP contribution in [-0.4, -0.2) is 33.2 Å². The van der Waals surface area contributed by atoms with Crippen molar-refractivity contribution in [1.29, 1.82) is 0 Å². The first-order chi connectivity index (χ1) is 13.2. The van der Waals surface area contributed by atoms with Crippen LogP contribution < -0.4 is 5.32 Å². The van der Waals surface area contributed by atoms with E-state index in [1.807, 2.05) is 47.9 Å². The van der Waals surface area contributed by atoms with Gasteiger partial charge in [-0.2, -0.15) is 5.10 Å². The first kappa shape index (κ1) is 17.9. The first-order valence-electron chi connectivity index (χ1n) is 9.39. The molecule has 140 valence electrons. The van der Waals surface area contributed by atoms with E-state index in [1.165, 1.54) is 9.75 Å². The molecule has 1 aromatic carbocycles. The summed E-state index contributed by atoms with van der Waals surface area (Å²) in [6.45, 7) is 3.96. The molecule has 1 aliphatic rings. The van der Waals surface area contributed by atoms with Gasteiger partial charge in [-0.15, -0.1) is 11.3 Å². The minimum Gasteiger partial charge on any atom is -0.325 e. The summed E-state index contributed by atoms with van der Waals surface area (Å²) in [6, 6.07) is 14.0. The number of carbonyl (C=O) groups is 1. The molecule has 2 aromatic heterocycles. The summed E-state index contributed by atoms with van der Waals surface area (Å²) in [5, 5.41) is 7.32. The molecule has 27 heavy (non-hydrogen) atoms. The van der Waals surface area contributed by atoms with E-state index in [0.29, 0.717) is 0 Å². The van der Waals surface area contributed by atoms with Crippen molar-refractivity contribution >= 4 is 22.9 Å². The molecule has 1 aliphatic heterocycles. The van der Waals surface area contributed by atoms with Gasteiger partial charge >= 0.3 is 0 Å². The molecule has 1 saturated heterocycles. The highest BCUT2D eigenvalue weighted by atomic mass is 32.1. The Bertz CT molecular complexity index is 885. The number of amides is 1. The number of thiophene rings is 1. The fourth-order valence-corrected chi connectivity index (χ4v) is 4.51. The lowest BCUT2D eigenvalue weighted by Gasteiger charge is -2.34. The van der Waals surface area contributed by atoms with Gasteiger partial charge in [0.25, 0.3) is 0 Å². The summed E-state index contributed by atoms with van der Waals surface area (Å²) in [7, 11) is 0. The van der Waals surface area contributed by atoms with Gasteiger partial charge in [0.2, 0.25) is 5.91 Å². The first-order valence-corrected chi connectivity index (χ1v) is 10.2. The van der Waals surface area contributed by atoms with Crippen molar-refractivity contribution in [2.45, 2.75) is 38.8 Å². The summed E-state index contributed by atoms with van der Waals surface area (Å²) >= 11 is 1.82. The Kier molecular flexibility index (Phi) is 5.36. The molecule has 1 N–H and O–H groups in total. The Morgan fingerprint density at radius 1 is 1.22 bits per heavy atom. The van der Waals surface area contributed by atoms with Crippen molar-refractivity contribution in [2.24, 2.45) is 0 Å². The molecule has 3 aromatic rings. The van der Waals surface area contributed by atoms with Gasteiger partial charge in [-0.3, -0.25) is 9.69 Å². The van der Waals surface area contributed by atoms with Crippen molar-refractivity contribution in [2.75, 3.05) is 11.9 Å². The second-order valence-electron chi connectivity index (χ2n) is 6.98. The summed E-state index contributed by atoms with van der Waals surface area (Å²) in [4.78, 5) is 17.9. The Morgan fingerprint density at radius 2 is 2.07 bits per heavy atom. The Morgan fingerprint density at radius 3 is 2.78 bits per heavy atom. The largest absolute Gasteiger partial charge is 0.325 e. The highest BCUT2D eigenvalue weighted by Crippen LogP contribution is 2.24. The van der Waals surface area contributed by atoms with Crippen molar-refractivity contribution in [3.8, 4) is 5.69 Å². The molecule has 6 heteroatoms. The van der Waals surface area contributed by atoms with Gasteiger partial charge in [-0.05, 0) is 68.8 Å². The number of aryl methyl sites for hydroxylation is 1. The lowest BCUT2D eigenvalue weighted by Crippen LogP contribution is -2.46. The maximum Gasteiger partial charge on any atom is 0.241 e. The van der Waals surface area contributed by atoms with Crippen LogP contribution >= 0.6 is 11.3 Å². The third-order valence-electron chi connectivity index (χ3n) is 4.98. The van der Waals surface area contributed by atoms with Crippen LogP contribution in [0.5, 0.6) is 0 Å². The highest BCUT2D eigenvalue weighted by molar-refractivity contribution is 7.11. The van der Waals surface area contributed by atoms with E-state index >= 15 is 0 Å². The number of rotatable bonds is 5. The fourth-order valence-electron chi connectivity index (χ4n) is 3.59. The van der Waals surface area contributed by atoms with E-state index in [1.54, 1.807) is 10.9 Å². The predicted octanol–water partition coefficient (Wildman–Crippen LogP) is 4.24. The number of benzene rings is 1. The molecule has 0 saturated carbocycles. The Labute approximate surface area is 163 Å². The molecule has 0 unspecified atom stereocenters. The van der Waals surface area contributed by atoms with Gasteiger partial charge < -0.3 is 5.32 Å². The number of hydrogen-bond acceptors (Lipinski definition) is 4. The van der Waals surface area contributed by atoms with Crippen molar-refractivity contribution in [3.05, 3.63) is 64.6 Å². The van der Waals surface area contributed by atoms with Crippen molar-refractivity contribution in [1.82, 2.24) is 14.7 Å². The van der Waals surface area contributed by atoms with E-state index < -0.39 is 0 Å². The SMILES string of the molecule is Cc1ccc(CN2CCCC[C@H]2C(=O)Nc2ccc(-n3cccn3)cc2)s1. The number of hydrogen-bond donors (Lipinski definition) is 1. The number of piperidine rings is 1.